The number of anilines is 3. The second-order valence-corrected chi connectivity index (χ2v) is 14.0. The first-order valence-electron chi connectivity index (χ1n) is 15.0. The van der Waals surface area contributed by atoms with Gasteiger partial charge < -0.3 is 9.64 Å². The van der Waals surface area contributed by atoms with Gasteiger partial charge in [0.15, 0.2) is 0 Å². The SMILES string of the molecule is Cc1ccccc1B1c2ccccc2Oc2cc3c(c(C)c21)B1c2ccccc2Sc2c(I)ccc(c21)N3c1ccccc1. The van der Waals surface area contributed by atoms with Crippen LogP contribution in [0.1, 0.15) is 11.1 Å². The largest absolute Gasteiger partial charge is 0.458 e. The fraction of sp³-hybridized carbons (Fsp3) is 0.0526. The third kappa shape index (κ3) is 3.77. The number of nitrogens with zero attached hydrogens (tertiary/aromatic N) is 1. The molecular weight excluding hydrogens is 667 g/mol. The lowest BCUT2D eigenvalue weighted by Gasteiger charge is -2.42. The first kappa shape index (κ1) is 26.5. The van der Waals surface area contributed by atoms with Crippen molar-refractivity contribution < 1.29 is 4.74 Å². The van der Waals surface area contributed by atoms with Gasteiger partial charge >= 0.3 is 0 Å². The summed E-state index contributed by atoms with van der Waals surface area (Å²) >= 11 is 4.44. The lowest BCUT2D eigenvalue weighted by Crippen LogP contribution is -2.64. The van der Waals surface area contributed by atoms with Crippen LogP contribution in [0.5, 0.6) is 11.5 Å². The molecule has 3 aliphatic heterocycles. The van der Waals surface area contributed by atoms with Crippen LogP contribution >= 0.6 is 34.4 Å². The van der Waals surface area contributed by atoms with E-state index in [1.165, 1.54) is 68.6 Å². The van der Waals surface area contributed by atoms with E-state index in [1.807, 2.05) is 11.8 Å². The Kier molecular flexibility index (Phi) is 6.08. The Morgan fingerprint density at radius 2 is 1.32 bits per heavy atom. The maximum absolute atomic E-state index is 6.85. The van der Waals surface area contributed by atoms with Crippen molar-refractivity contribution in [2.75, 3.05) is 4.90 Å². The number of fused-ring (bicyclic) bond motifs is 6. The Hall–Kier alpha value is -3.87. The second kappa shape index (κ2) is 10.1. The molecule has 0 fully saturated rings. The minimum atomic E-state index is 0.0802. The molecule has 3 aliphatic rings. The van der Waals surface area contributed by atoms with Gasteiger partial charge in [-0.1, -0.05) is 113 Å². The van der Waals surface area contributed by atoms with Gasteiger partial charge in [-0.15, -0.1) is 0 Å². The lowest BCUT2D eigenvalue weighted by molar-refractivity contribution is 0.487. The number of benzene rings is 6. The Labute approximate surface area is 276 Å². The third-order valence-electron chi connectivity index (χ3n) is 9.50. The van der Waals surface area contributed by atoms with E-state index in [9.17, 15) is 0 Å². The molecule has 9 rings (SSSR count). The number of hydrogen-bond donors (Lipinski definition) is 0. The van der Waals surface area contributed by atoms with Crippen molar-refractivity contribution in [3.05, 3.63) is 136 Å². The molecular formula is C38H26B2INOS. The number of para-hydroxylation sites is 2. The summed E-state index contributed by atoms with van der Waals surface area (Å²) in [7, 11) is 0. The maximum atomic E-state index is 6.85. The van der Waals surface area contributed by atoms with E-state index in [2.05, 4.69) is 163 Å². The first-order chi connectivity index (χ1) is 21.6. The Morgan fingerprint density at radius 3 is 2.14 bits per heavy atom. The lowest BCUT2D eigenvalue weighted by atomic mass is 9.30. The average Bonchev–Trinajstić information content (AvgIpc) is 3.06. The van der Waals surface area contributed by atoms with Crippen LogP contribution in [0.4, 0.5) is 17.1 Å². The summed E-state index contributed by atoms with van der Waals surface area (Å²) in [5.74, 6) is 1.88. The van der Waals surface area contributed by atoms with Gasteiger partial charge in [0.05, 0.1) is 0 Å². The van der Waals surface area contributed by atoms with Crippen LogP contribution in [0, 0.1) is 17.4 Å². The summed E-state index contributed by atoms with van der Waals surface area (Å²) in [5.41, 5.74) is 14.2. The first-order valence-corrected chi connectivity index (χ1v) is 16.9. The number of rotatable bonds is 2. The molecule has 208 valence electrons. The van der Waals surface area contributed by atoms with Gasteiger partial charge in [-0.2, -0.15) is 0 Å². The summed E-state index contributed by atoms with van der Waals surface area (Å²) in [5, 5.41) is 0. The van der Waals surface area contributed by atoms with E-state index in [0.29, 0.717) is 0 Å². The zero-order valence-corrected chi connectivity index (χ0v) is 27.3. The van der Waals surface area contributed by atoms with E-state index in [-0.39, 0.29) is 13.4 Å². The number of halogens is 1. The van der Waals surface area contributed by atoms with Crippen molar-refractivity contribution >= 4 is 97.6 Å². The molecule has 6 heteroatoms. The molecule has 0 saturated heterocycles. The zero-order valence-electron chi connectivity index (χ0n) is 24.3. The molecule has 6 aromatic rings. The van der Waals surface area contributed by atoms with E-state index in [4.69, 9.17) is 4.74 Å². The fourth-order valence-corrected chi connectivity index (χ4v) is 9.59. The number of ether oxygens (including phenoxy) is 1. The van der Waals surface area contributed by atoms with Crippen LogP contribution in [0.25, 0.3) is 0 Å². The maximum Gasteiger partial charge on any atom is 0.251 e. The smallest absolute Gasteiger partial charge is 0.251 e. The van der Waals surface area contributed by atoms with E-state index in [1.54, 1.807) is 0 Å². The van der Waals surface area contributed by atoms with Crippen molar-refractivity contribution in [2.24, 2.45) is 0 Å². The summed E-state index contributed by atoms with van der Waals surface area (Å²) in [6.07, 6.45) is 0. The van der Waals surface area contributed by atoms with Crippen LogP contribution in [0.15, 0.2) is 131 Å². The van der Waals surface area contributed by atoms with E-state index >= 15 is 0 Å². The van der Waals surface area contributed by atoms with Crippen molar-refractivity contribution in [3.63, 3.8) is 0 Å². The van der Waals surface area contributed by atoms with Crippen LogP contribution in [-0.2, 0) is 0 Å². The van der Waals surface area contributed by atoms with E-state index in [0.717, 1.165) is 17.2 Å². The molecule has 0 atom stereocenters. The molecule has 0 aromatic heterocycles. The van der Waals surface area contributed by atoms with E-state index < -0.39 is 0 Å². The molecule has 0 aliphatic carbocycles. The molecule has 0 bridgehead atoms. The Morgan fingerprint density at radius 1 is 0.614 bits per heavy atom. The van der Waals surface area contributed by atoms with Gasteiger partial charge in [0.1, 0.15) is 11.5 Å². The Balaban J connectivity index is 1.41. The Bertz CT molecular complexity index is 2140. The molecule has 0 unspecified atom stereocenters. The van der Waals surface area contributed by atoms with Crippen LogP contribution in [0.3, 0.4) is 0 Å². The molecule has 0 radical (unpaired) electrons. The minimum Gasteiger partial charge on any atom is -0.458 e. The highest BCUT2D eigenvalue weighted by Gasteiger charge is 2.45. The highest BCUT2D eigenvalue weighted by Crippen LogP contribution is 2.44. The molecule has 0 saturated carbocycles. The molecule has 44 heavy (non-hydrogen) atoms. The minimum absolute atomic E-state index is 0.0802. The van der Waals surface area contributed by atoms with Gasteiger partial charge in [-0.3, -0.25) is 0 Å². The molecule has 2 nitrogen and oxygen atoms in total. The van der Waals surface area contributed by atoms with Gasteiger partial charge in [0.25, 0.3) is 6.71 Å². The molecule has 3 heterocycles. The monoisotopic (exact) mass is 693 g/mol. The number of hydrogen-bond acceptors (Lipinski definition) is 3. The zero-order chi connectivity index (χ0) is 29.5. The number of aryl methyl sites for hydroxylation is 1. The van der Waals surface area contributed by atoms with Gasteiger partial charge in [-0.25, -0.2) is 0 Å². The standard InChI is InChI=1S/C38H26B2INOS/c1-23-12-6-7-15-26(23)39-27-16-8-10-18-32(27)43-33-22-31-35(24(2)36(33)39)40-28-17-9-11-19-34(28)44-38-29(41)20-21-30(37(38)40)42(31)25-13-4-3-5-14-25/h3-22H,1-2H3. The highest BCUT2D eigenvalue weighted by atomic mass is 127. The van der Waals surface area contributed by atoms with Gasteiger partial charge in [0.2, 0.25) is 6.71 Å². The normalized spacial score (nSPS) is 13.8. The quantitative estimate of drug-likeness (QED) is 0.156. The van der Waals surface area contributed by atoms with Crippen LogP contribution in [-0.4, -0.2) is 13.4 Å². The molecule has 0 spiro atoms. The third-order valence-corrected chi connectivity index (χ3v) is 12.0. The summed E-state index contributed by atoms with van der Waals surface area (Å²) in [6.45, 7) is 4.78. The molecule has 0 N–H and O–H groups in total. The summed E-state index contributed by atoms with van der Waals surface area (Å²) in [4.78, 5) is 5.18. The predicted molar refractivity (Wildman–Crippen MR) is 196 cm³/mol. The predicted octanol–water partition coefficient (Wildman–Crippen LogP) is 6.29. The molecule has 6 aromatic carbocycles. The van der Waals surface area contributed by atoms with Crippen molar-refractivity contribution in [1.29, 1.82) is 0 Å². The van der Waals surface area contributed by atoms with Crippen LogP contribution < -0.4 is 42.4 Å². The van der Waals surface area contributed by atoms with Crippen molar-refractivity contribution in [1.82, 2.24) is 0 Å². The fourth-order valence-electron chi connectivity index (χ4n) is 7.62. The second-order valence-electron chi connectivity index (χ2n) is 11.8. The molecule has 0 amide bonds. The van der Waals surface area contributed by atoms with Crippen LogP contribution in [0.2, 0.25) is 0 Å². The summed E-state index contributed by atoms with van der Waals surface area (Å²) < 4.78 is 8.15. The average molecular weight is 693 g/mol. The van der Waals surface area contributed by atoms with Gasteiger partial charge in [-0.05, 0) is 94.7 Å². The highest BCUT2D eigenvalue weighted by molar-refractivity contribution is 14.1. The van der Waals surface area contributed by atoms with Gasteiger partial charge in [0, 0.05) is 36.5 Å². The van der Waals surface area contributed by atoms with Crippen molar-refractivity contribution in [3.8, 4) is 11.5 Å². The topological polar surface area (TPSA) is 12.5 Å². The summed E-state index contributed by atoms with van der Waals surface area (Å²) in [6, 6.07) is 44.2. The van der Waals surface area contributed by atoms with Crippen molar-refractivity contribution in [2.45, 2.75) is 23.6 Å².